The van der Waals surface area contributed by atoms with Crippen LogP contribution in [0.1, 0.15) is 6.92 Å². The van der Waals surface area contributed by atoms with E-state index in [0.29, 0.717) is 0 Å². The molecule has 0 aliphatic rings. The van der Waals surface area contributed by atoms with Crippen LogP contribution in [0, 0.1) is 0 Å². The number of hydrogen-bond acceptors (Lipinski definition) is 1. The number of pyridine rings is 1. The first kappa shape index (κ1) is 28.3. The fourth-order valence-corrected chi connectivity index (χ4v) is 6.79. The van der Waals surface area contributed by atoms with Gasteiger partial charge in [-0.2, -0.15) is 0 Å². The Morgan fingerprint density at radius 3 is 1.53 bits per heavy atom. The number of rotatable bonds is 4. The Hall–Kier alpha value is -6.19. The normalized spacial score (nSPS) is 11.2. The van der Waals surface area contributed by atoms with Crippen LogP contribution in [0.2, 0.25) is 0 Å². The van der Waals surface area contributed by atoms with Crippen LogP contribution < -0.4 is 0 Å². The Bertz CT molecular complexity index is 2500. The third kappa shape index (κ3) is 4.90. The summed E-state index contributed by atoms with van der Waals surface area (Å²) >= 11 is 0. The molecule has 9 aromatic rings. The van der Waals surface area contributed by atoms with Crippen LogP contribution in [-0.2, 0) is 0 Å². The van der Waals surface area contributed by atoms with E-state index in [9.17, 15) is 0 Å². The van der Waals surface area contributed by atoms with Crippen LogP contribution in [0.4, 0.5) is 0 Å². The van der Waals surface area contributed by atoms with E-state index in [0.717, 1.165) is 22.6 Å². The Morgan fingerprint density at radius 1 is 0.447 bits per heavy atom. The Balaban J connectivity index is 0.00000104. The Labute approximate surface area is 274 Å². The van der Waals surface area contributed by atoms with Crippen LogP contribution in [0.25, 0.3) is 77.4 Å². The quantitative estimate of drug-likeness (QED) is 0.184. The van der Waals surface area contributed by atoms with Gasteiger partial charge in [-0.15, -0.1) is 6.58 Å². The number of aromatic nitrogens is 3. The summed E-state index contributed by atoms with van der Waals surface area (Å²) in [4.78, 5) is 4.57. The molecular weight excluding hydrogens is 571 g/mol. The average molecular weight is 604 g/mol. The van der Waals surface area contributed by atoms with E-state index in [1.165, 1.54) is 54.7 Å². The molecule has 0 atom stereocenters. The second kappa shape index (κ2) is 12.0. The van der Waals surface area contributed by atoms with E-state index in [2.05, 4.69) is 166 Å². The van der Waals surface area contributed by atoms with Gasteiger partial charge in [0.2, 0.25) is 0 Å². The molecule has 224 valence electrons. The topological polar surface area (TPSA) is 22.8 Å². The highest BCUT2D eigenvalue weighted by Crippen LogP contribution is 2.37. The summed E-state index contributed by atoms with van der Waals surface area (Å²) < 4.78 is 4.78. The van der Waals surface area contributed by atoms with Crippen LogP contribution in [0.5, 0.6) is 0 Å². The van der Waals surface area contributed by atoms with Crippen molar-refractivity contribution in [1.82, 2.24) is 14.1 Å². The van der Waals surface area contributed by atoms with Crippen molar-refractivity contribution in [2.45, 2.75) is 6.92 Å². The summed E-state index contributed by atoms with van der Waals surface area (Å²) in [6, 6.07) is 56.5. The smallest absolute Gasteiger partial charge is 0.0702 e. The molecule has 0 N–H and O–H groups in total. The van der Waals surface area contributed by atoms with E-state index in [1.54, 1.807) is 6.08 Å². The summed E-state index contributed by atoms with van der Waals surface area (Å²) in [5, 5.41) is 5.02. The summed E-state index contributed by atoms with van der Waals surface area (Å²) in [6.07, 6.45) is 3.60. The van der Waals surface area contributed by atoms with Crippen molar-refractivity contribution in [3.63, 3.8) is 0 Å². The zero-order valence-corrected chi connectivity index (χ0v) is 26.2. The monoisotopic (exact) mass is 603 g/mol. The Morgan fingerprint density at radius 2 is 0.936 bits per heavy atom. The number of benzene rings is 6. The van der Waals surface area contributed by atoms with Crippen molar-refractivity contribution in [3.8, 4) is 33.8 Å². The van der Waals surface area contributed by atoms with E-state index < -0.39 is 0 Å². The second-order valence-corrected chi connectivity index (χ2v) is 11.7. The zero-order chi connectivity index (χ0) is 31.7. The lowest BCUT2D eigenvalue weighted by Gasteiger charge is -2.13. The molecule has 0 spiro atoms. The number of para-hydroxylation sites is 3. The average Bonchev–Trinajstić information content (AvgIpc) is 3.65. The molecule has 3 heteroatoms. The molecule has 0 saturated heterocycles. The predicted molar refractivity (Wildman–Crippen MR) is 200 cm³/mol. The van der Waals surface area contributed by atoms with E-state index in [1.807, 2.05) is 25.3 Å². The van der Waals surface area contributed by atoms with Crippen LogP contribution in [-0.4, -0.2) is 14.1 Å². The third-order valence-corrected chi connectivity index (χ3v) is 8.76. The van der Waals surface area contributed by atoms with Crippen LogP contribution >= 0.6 is 0 Å². The van der Waals surface area contributed by atoms with Gasteiger partial charge in [0.15, 0.2) is 0 Å². The molecule has 9 rings (SSSR count). The first-order chi connectivity index (χ1) is 23.2. The predicted octanol–water partition coefficient (Wildman–Crippen LogP) is 11.8. The van der Waals surface area contributed by atoms with E-state index >= 15 is 0 Å². The largest absolute Gasteiger partial charge is 0.309 e. The maximum Gasteiger partial charge on any atom is 0.0702 e. The van der Waals surface area contributed by atoms with Crippen LogP contribution in [0.15, 0.2) is 177 Å². The fourth-order valence-electron chi connectivity index (χ4n) is 6.79. The first-order valence-corrected chi connectivity index (χ1v) is 16.0. The van der Waals surface area contributed by atoms with Crippen molar-refractivity contribution in [1.29, 1.82) is 0 Å². The molecule has 3 heterocycles. The molecule has 0 bridgehead atoms. The fraction of sp³-hybridized carbons (Fsp3) is 0.0227. The molecule has 6 aromatic carbocycles. The van der Waals surface area contributed by atoms with Gasteiger partial charge in [-0.05, 0) is 84.8 Å². The molecule has 0 saturated carbocycles. The maximum absolute atomic E-state index is 4.57. The molecule has 0 aliphatic carbocycles. The number of nitrogens with zero attached hydrogens (tertiary/aromatic N) is 3. The van der Waals surface area contributed by atoms with Gasteiger partial charge in [-0.25, -0.2) is 0 Å². The number of hydrogen-bond donors (Lipinski definition) is 0. The van der Waals surface area contributed by atoms with Gasteiger partial charge in [-0.1, -0.05) is 97.1 Å². The minimum absolute atomic E-state index is 0.982. The lowest BCUT2D eigenvalue weighted by atomic mass is 9.99. The highest BCUT2D eigenvalue weighted by molar-refractivity contribution is 6.11. The molecule has 0 unspecified atom stereocenters. The first-order valence-electron chi connectivity index (χ1n) is 16.0. The van der Waals surface area contributed by atoms with Gasteiger partial charge in [0.25, 0.3) is 0 Å². The molecule has 47 heavy (non-hydrogen) atoms. The second-order valence-electron chi connectivity index (χ2n) is 11.7. The van der Waals surface area contributed by atoms with Gasteiger partial charge >= 0.3 is 0 Å². The van der Waals surface area contributed by atoms with Crippen LogP contribution in [0.3, 0.4) is 0 Å². The minimum Gasteiger partial charge on any atom is -0.309 e. The highest BCUT2D eigenvalue weighted by Gasteiger charge is 2.16. The van der Waals surface area contributed by atoms with Crippen molar-refractivity contribution in [2.24, 2.45) is 0 Å². The third-order valence-electron chi connectivity index (χ3n) is 8.76. The number of allylic oxidation sites excluding steroid dienone is 1. The highest BCUT2D eigenvalue weighted by atomic mass is 15.0. The molecule has 3 aromatic heterocycles. The van der Waals surface area contributed by atoms with E-state index in [-0.39, 0.29) is 0 Å². The molecule has 0 amide bonds. The standard InChI is InChI=1S/C41H27N3.C3H6/c1-4-19-38-33(15-1)34-16-2-5-20-39(34)43(38)31-13-10-14-32(27-31)44-40-21-6-3-17-35(40)36-26-29(22-23-41(36)44)28-11-9-12-30(25-28)37-18-7-8-24-42-37;1-3-2/h1-27H;3H,1H2,2H3. The number of fused-ring (bicyclic) bond motifs is 6. The van der Waals surface area contributed by atoms with Gasteiger partial charge in [-0.3, -0.25) is 4.98 Å². The van der Waals surface area contributed by atoms with Crippen molar-refractivity contribution in [3.05, 3.63) is 177 Å². The lowest BCUT2D eigenvalue weighted by molar-refractivity contribution is 1.13. The summed E-state index contributed by atoms with van der Waals surface area (Å²) in [5.74, 6) is 0. The van der Waals surface area contributed by atoms with Crippen molar-refractivity contribution < 1.29 is 0 Å². The van der Waals surface area contributed by atoms with Gasteiger partial charge < -0.3 is 9.13 Å². The summed E-state index contributed by atoms with van der Waals surface area (Å²) in [7, 11) is 0. The van der Waals surface area contributed by atoms with Gasteiger partial charge in [0, 0.05) is 44.7 Å². The van der Waals surface area contributed by atoms with E-state index in [4.69, 9.17) is 0 Å². The molecule has 0 aliphatic heterocycles. The SMILES string of the molecule is C=CC.c1ccc(-c2cccc(-c3ccc4c(c3)c3ccccc3n4-c3cccc(-n4c5ccccc5c5ccccc54)c3)c2)nc1. The van der Waals surface area contributed by atoms with Crippen molar-refractivity contribution in [2.75, 3.05) is 0 Å². The Kier molecular flexibility index (Phi) is 7.20. The minimum atomic E-state index is 0.982. The molecule has 0 radical (unpaired) electrons. The summed E-state index contributed by atoms with van der Waals surface area (Å²) in [6.45, 7) is 5.25. The zero-order valence-electron chi connectivity index (χ0n) is 26.2. The molecular formula is C44H33N3. The summed E-state index contributed by atoms with van der Waals surface area (Å²) in [5.41, 5.74) is 11.6. The van der Waals surface area contributed by atoms with Gasteiger partial charge in [0.05, 0.1) is 27.8 Å². The molecule has 3 nitrogen and oxygen atoms in total. The maximum atomic E-state index is 4.57. The van der Waals surface area contributed by atoms with Gasteiger partial charge in [0.1, 0.15) is 0 Å². The van der Waals surface area contributed by atoms with Crippen molar-refractivity contribution >= 4 is 43.6 Å². The molecule has 0 fully saturated rings. The lowest BCUT2D eigenvalue weighted by Crippen LogP contribution is -1.98.